The van der Waals surface area contributed by atoms with Crippen molar-refractivity contribution < 1.29 is 30.9 Å². The van der Waals surface area contributed by atoms with Crippen LogP contribution in [0.2, 0.25) is 0 Å². The maximum absolute atomic E-state index is 15.2. The molecule has 1 aliphatic rings. The Morgan fingerprint density at radius 1 is 1.12 bits per heavy atom. The Morgan fingerprint density at radius 3 is 2.85 bits per heavy atom. The van der Waals surface area contributed by atoms with Crippen LogP contribution in [0.1, 0.15) is 37.2 Å². The van der Waals surface area contributed by atoms with E-state index in [2.05, 4.69) is 15.0 Å². The molecule has 1 saturated heterocycles. The second kappa shape index (κ2) is 9.23. The molecule has 1 fully saturated rings. The maximum atomic E-state index is 15.2. The highest BCUT2D eigenvalue weighted by atomic mass is 19.1. The van der Waals surface area contributed by atoms with E-state index >= 15 is 4.39 Å². The lowest BCUT2D eigenvalue weighted by molar-refractivity contribution is 0.254. The van der Waals surface area contributed by atoms with Crippen LogP contribution in [0.25, 0.3) is 21.8 Å². The standard InChI is InChI=1S/C25H27FN4O3/c1-16-12-17-19(29-16)6-7-21(24(17)26)33-25-18-13-22(31-2)23(14-20(18)27-15-28-25)32-11-5-10-30-8-3-4-9-30/h6-7,12-15,29H,3-5,8-11H2,1-2H3/i2D3,5D2,10D2,11D2. The fourth-order valence-corrected chi connectivity index (χ4v) is 3.76. The molecule has 1 aliphatic heterocycles. The summed E-state index contributed by atoms with van der Waals surface area (Å²) in [6.07, 6.45) is -0.868. The molecule has 0 saturated carbocycles. The van der Waals surface area contributed by atoms with Crippen LogP contribution in [0, 0.1) is 12.7 Å². The minimum Gasteiger partial charge on any atom is -0.493 e. The number of aromatic nitrogens is 3. The Bertz CT molecular complexity index is 1640. The fourth-order valence-electron chi connectivity index (χ4n) is 3.76. The molecule has 172 valence electrons. The van der Waals surface area contributed by atoms with Gasteiger partial charge in [-0.2, -0.15) is 0 Å². The molecule has 7 nitrogen and oxygen atoms in total. The molecule has 0 radical (unpaired) electrons. The van der Waals surface area contributed by atoms with Crippen molar-refractivity contribution in [2.24, 2.45) is 0 Å². The predicted molar refractivity (Wildman–Crippen MR) is 125 cm³/mol. The average Bonchev–Trinajstić information content (AvgIpc) is 3.56. The molecular formula is C25H27FN4O3. The van der Waals surface area contributed by atoms with Crippen molar-refractivity contribution in [2.75, 3.05) is 33.2 Å². The van der Waals surface area contributed by atoms with Crippen LogP contribution in [-0.2, 0) is 0 Å². The summed E-state index contributed by atoms with van der Waals surface area (Å²) in [4.78, 5) is 12.4. The number of methoxy groups -OCH3 is 1. The highest BCUT2D eigenvalue weighted by Gasteiger charge is 2.17. The van der Waals surface area contributed by atoms with Gasteiger partial charge in [-0.25, -0.2) is 14.4 Å². The number of aromatic amines is 1. The largest absolute Gasteiger partial charge is 0.493 e. The average molecular weight is 460 g/mol. The van der Waals surface area contributed by atoms with Gasteiger partial charge in [-0.3, -0.25) is 0 Å². The molecule has 33 heavy (non-hydrogen) atoms. The number of H-pyrrole nitrogens is 1. The molecule has 4 aromatic rings. The van der Waals surface area contributed by atoms with Gasteiger partial charge in [0.1, 0.15) is 6.33 Å². The number of nitrogens with one attached hydrogen (secondary N) is 1. The van der Waals surface area contributed by atoms with E-state index in [4.69, 9.17) is 26.5 Å². The van der Waals surface area contributed by atoms with E-state index in [9.17, 15) is 0 Å². The van der Waals surface area contributed by atoms with E-state index in [1.807, 2.05) is 0 Å². The Morgan fingerprint density at radius 2 is 2.00 bits per heavy atom. The van der Waals surface area contributed by atoms with Crippen molar-refractivity contribution in [3.05, 3.63) is 48.2 Å². The number of aryl methyl sites for hydroxylation is 1. The van der Waals surface area contributed by atoms with Crippen LogP contribution in [0.3, 0.4) is 0 Å². The van der Waals surface area contributed by atoms with Gasteiger partial charge < -0.3 is 24.1 Å². The molecule has 8 heteroatoms. The van der Waals surface area contributed by atoms with Gasteiger partial charge in [0, 0.05) is 34.6 Å². The molecule has 5 rings (SSSR count). The minimum atomic E-state index is -3.31. The van der Waals surface area contributed by atoms with Crippen molar-refractivity contribution in [3.8, 4) is 23.1 Å². The lowest BCUT2D eigenvalue weighted by Crippen LogP contribution is -2.21. The highest BCUT2D eigenvalue weighted by Crippen LogP contribution is 2.37. The van der Waals surface area contributed by atoms with Gasteiger partial charge in [-0.05, 0) is 63.5 Å². The van der Waals surface area contributed by atoms with Crippen molar-refractivity contribution in [1.29, 1.82) is 0 Å². The van der Waals surface area contributed by atoms with Gasteiger partial charge in [0.15, 0.2) is 23.1 Å². The van der Waals surface area contributed by atoms with Crippen LogP contribution >= 0.6 is 0 Å². The van der Waals surface area contributed by atoms with Gasteiger partial charge in [-0.1, -0.05) is 0 Å². The molecule has 2 aromatic heterocycles. The summed E-state index contributed by atoms with van der Waals surface area (Å²) in [7, 11) is -3.04. The molecule has 0 bridgehead atoms. The minimum absolute atomic E-state index is 0.0470. The molecule has 0 amide bonds. The lowest BCUT2D eigenvalue weighted by Gasteiger charge is -2.16. The number of fused-ring (bicyclic) bond motifs is 2. The third-order valence-corrected chi connectivity index (χ3v) is 5.35. The Balaban J connectivity index is 1.55. The van der Waals surface area contributed by atoms with Crippen molar-refractivity contribution in [3.63, 3.8) is 0 Å². The smallest absolute Gasteiger partial charge is 0.230 e. The van der Waals surface area contributed by atoms with Crippen LogP contribution < -0.4 is 14.2 Å². The first kappa shape index (κ1) is 13.3. The fraction of sp³-hybridized carbons (Fsp3) is 0.360. The summed E-state index contributed by atoms with van der Waals surface area (Å²) >= 11 is 0. The summed E-state index contributed by atoms with van der Waals surface area (Å²) in [6, 6.07) is 6.82. The van der Waals surface area contributed by atoms with Crippen LogP contribution in [-0.4, -0.2) is 53.0 Å². The number of nitrogens with zero attached hydrogens (tertiary/aromatic N) is 3. The number of rotatable bonds is 8. The van der Waals surface area contributed by atoms with E-state index in [0.29, 0.717) is 18.4 Å². The van der Waals surface area contributed by atoms with Gasteiger partial charge in [0.25, 0.3) is 0 Å². The number of likely N-dealkylation sites (tertiary alicyclic amines) is 1. The van der Waals surface area contributed by atoms with E-state index in [0.717, 1.165) is 24.2 Å². The zero-order valence-electron chi connectivity index (χ0n) is 26.7. The monoisotopic (exact) mass is 459 g/mol. The highest BCUT2D eigenvalue weighted by molar-refractivity contribution is 5.87. The molecular weight excluding hydrogens is 423 g/mol. The molecule has 1 N–H and O–H groups in total. The van der Waals surface area contributed by atoms with Gasteiger partial charge in [0.2, 0.25) is 5.88 Å². The summed E-state index contributed by atoms with van der Waals surface area (Å²) in [5.41, 5.74) is 1.35. The summed E-state index contributed by atoms with van der Waals surface area (Å²) in [6.45, 7) is -3.81. The van der Waals surface area contributed by atoms with Crippen LogP contribution in [0.5, 0.6) is 23.1 Å². The van der Waals surface area contributed by atoms with Crippen LogP contribution in [0.15, 0.2) is 36.7 Å². The normalized spacial score (nSPS) is 20.0. The molecule has 0 unspecified atom stereocenters. The lowest BCUT2D eigenvalue weighted by atomic mass is 10.2. The van der Waals surface area contributed by atoms with Gasteiger partial charge in [0.05, 0.1) is 31.4 Å². The Kier molecular flexibility index (Phi) is 3.73. The summed E-state index contributed by atoms with van der Waals surface area (Å²) in [5, 5.41) is 0.348. The topological polar surface area (TPSA) is 72.5 Å². The maximum Gasteiger partial charge on any atom is 0.230 e. The van der Waals surface area contributed by atoms with Crippen molar-refractivity contribution in [2.45, 2.75) is 26.1 Å². The van der Waals surface area contributed by atoms with Gasteiger partial charge >= 0.3 is 0 Å². The molecule has 0 atom stereocenters. The third kappa shape index (κ3) is 4.43. The SMILES string of the molecule is [2H]C([2H])([2H])Oc1cc2c(Oc3ccc4[nH]c(C)cc4c3F)ncnc2cc1OC([2H])([2H])C([2H])([2H])C([2H])([2H])N1CCCC1. The zero-order valence-corrected chi connectivity index (χ0v) is 17.7. The quantitative estimate of drug-likeness (QED) is 0.389. The molecule has 3 heterocycles. The third-order valence-electron chi connectivity index (χ3n) is 5.35. The first-order chi connectivity index (χ1) is 19.5. The second-order valence-electron chi connectivity index (χ2n) is 7.63. The number of benzene rings is 2. The van der Waals surface area contributed by atoms with Gasteiger partial charge in [-0.15, -0.1) is 0 Å². The molecule has 0 spiro atoms. The number of ether oxygens (including phenoxy) is 3. The van der Waals surface area contributed by atoms with E-state index in [-0.39, 0.29) is 41.0 Å². The summed E-state index contributed by atoms with van der Waals surface area (Å²) < 4.78 is 105. The predicted octanol–water partition coefficient (Wildman–Crippen LogP) is 5.22. The molecule has 2 aromatic carbocycles. The second-order valence-corrected chi connectivity index (χ2v) is 7.63. The number of halogens is 1. The van der Waals surface area contributed by atoms with E-state index in [1.165, 1.54) is 11.0 Å². The van der Waals surface area contributed by atoms with Crippen molar-refractivity contribution >= 4 is 21.8 Å². The summed E-state index contributed by atoms with van der Waals surface area (Å²) in [5.74, 6) is -2.10. The Labute approximate surface area is 204 Å². The number of hydrogen-bond donors (Lipinski definition) is 1. The van der Waals surface area contributed by atoms with E-state index in [1.54, 1.807) is 19.1 Å². The first-order valence-corrected chi connectivity index (χ1v) is 10.4. The zero-order chi connectivity index (χ0) is 30.7. The van der Waals surface area contributed by atoms with Crippen molar-refractivity contribution in [1.82, 2.24) is 19.9 Å². The first-order valence-electron chi connectivity index (χ1n) is 14.9. The number of hydrogen-bond acceptors (Lipinski definition) is 6. The van der Waals surface area contributed by atoms with E-state index < -0.39 is 43.8 Å². The Hall–Kier alpha value is -3.39. The molecule has 0 aliphatic carbocycles. The van der Waals surface area contributed by atoms with Crippen LogP contribution in [0.4, 0.5) is 4.39 Å².